The van der Waals surface area contributed by atoms with Crippen LogP contribution in [0, 0.1) is 0 Å². The van der Waals surface area contributed by atoms with Gasteiger partial charge in [-0.15, -0.1) is 0 Å². The van der Waals surface area contributed by atoms with Crippen LogP contribution < -0.4 is 0 Å². The fraction of sp³-hybridized carbons (Fsp3) is 0.500. The van der Waals surface area contributed by atoms with Gasteiger partial charge in [-0.3, -0.25) is 17.3 Å². The summed E-state index contributed by atoms with van der Waals surface area (Å²) in [5.41, 5.74) is 0. The first-order valence-electron chi connectivity index (χ1n) is 5.74. The van der Waals surface area contributed by atoms with Gasteiger partial charge >= 0.3 is 29.6 Å². The minimum Gasteiger partial charge on any atom is -0.398 e. The molecule has 8 N–H and O–H groups in total. The van der Waals surface area contributed by atoms with Gasteiger partial charge in [-0.25, -0.2) is 4.98 Å². The molecule has 1 rings (SSSR count). The SMILES string of the molecule is CCc1nccn1C.OB(O)F.OB(O)F.OB(O)F.OB(O)F. The third kappa shape index (κ3) is 69.7. The van der Waals surface area contributed by atoms with Crippen molar-refractivity contribution in [2.45, 2.75) is 13.3 Å². The summed E-state index contributed by atoms with van der Waals surface area (Å²) in [7, 11) is -8.66. The molecule has 0 unspecified atom stereocenters. The molecule has 24 heavy (non-hydrogen) atoms. The summed E-state index contributed by atoms with van der Waals surface area (Å²) in [6, 6.07) is 0. The van der Waals surface area contributed by atoms with E-state index >= 15 is 0 Å². The summed E-state index contributed by atoms with van der Waals surface area (Å²) in [5, 5.41) is 55.6. The van der Waals surface area contributed by atoms with Crippen LogP contribution in [0.15, 0.2) is 12.4 Å². The molecule has 0 bridgehead atoms. The fourth-order valence-electron chi connectivity index (χ4n) is 0.737. The second kappa shape index (κ2) is 21.9. The molecule has 0 fully saturated rings. The van der Waals surface area contributed by atoms with Crippen LogP contribution >= 0.6 is 0 Å². The largest absolute Gasteiger partial charge is 0.674 e. The van der Waals surface area contributed by atoms with Crippen molar-refractivity contribution in [2.24, 2.45) is 7.05 Å². The summed E-state index contributed by atoms with van der Waals surface area (Å²) in [6.07, 6.45) is 4.79. The van der Waals surface area contributed by atoms with Gasteiger partial charge in [0, 0.05) is 25.9 Å². The Morgan fingerprint density at radius 3 is 1.17 bits per heavy atom. The molecule has 0 atom stereocenters. The van der Waals surface area contributed by atoms with E-state index in [2.05, 4.69) is 11.9 Å². The zero-order valence-electron chi connectivity index (χ0n) is 12.7. The first kappa shape index (κ1) is 30.7. The van der Waals surface area contributed by atoms with Crippen molar-refractivity contribution in [1.29, 1.82) is 0 Å². The van der Waals surface area contributed by atoms with Gasteiger partial charge in [0.1, 0.15) is 5.82 Å². The number of rotatable bonds is 1. The van der Waals surface area contributed by atoms with Crippen LogP contribution in [-0.2, 0) is 13.5 Å². The molecule has 140 valence electrons. The van der Waals surface area contributed by atoms with Gasteiger partial charge in [0.2, 0.25) is 0 Å². The first-order valence-corrected chi connectivity index (χ1v) is 5.74. The van der Waals surface area contributed by atoms with Gasteiger partial charge < -0.3 is 44.8 Å². The summed E-state index contributed by atoms with van der Waals surface area (Å²) in [5.74, 6) is 1.14. The smallest absolute Gasteiger partial charge is 0.398 e. The molecule has 0 amide bonds. The van der Waals surface area contributed by atoms with E-state index in [1.165, 1.54) is 0 Å². The maximum absolute atomic E-state index is 10.1. The fourth-order valence-corrected chi connectivity index (χ4v) is 0.737. The monoisotopic (exact) mass is 366 g/mol. The van der Waals surface area contributed by atoms with Crippen molar-refractivity contribution >= 4 is 29.6 Å². The van der Waals surface area contributed by atoms with Crippen molar-refractivity contribution in [3.63, 3.8) is 0 Å². The molecule has 0 aliphatic rings. The average Bonchev–Trinajstić information content (AvgIpc) is 2.71. The normalized spacial score (nSPS) is 7.75. The maximum atomic E-state index is 10.1. The summed E-state index contributed by atoms with van der Waals surface area (Å²) < 4.78 is 42.5. The zero-order valence-corrected chi connectivity index (χ0v) is 12.7. The standard InChI is InChI=1S/C6H10N2.4BFH2O2/c1-3-6-7-4-5-8(6)2;4*2-1(3)4/h4-5H,3H2,1-2H3;4*3-4H. The van der Waals surface area contributed by atoms with Crippen LogP contribution in [0.3, 0.4) is 0 Å². The Balaban J connectivity index is -0.000000110. The lowest BCUT2D eigenvalue weighted by atomic mass is 10.3. The highest BCUT2D eigenvalue weighted by atomic mass is 19.1. The third-order valence-electron chi connectivity index (χ3n) is 1.24. The summed E-state index contributed by atoms with van der Waals surface area (Å²) >= 11 is 0. The highest BCUT2D eigenvalue weighted by Gasteiger charge is 1.98. The van der Waals surface area contributed by atoms with Crippen LogP contribution in [-0.4, -0.2) is 79.3 Å². The number of nitrogens with zero attached hydrogens (tertiary/aromatic N) is 2. The van der Waals surface area contributed by atoms with Gasteiger partial charge in [0.15, 0.2) is 0 Å². The quantitative estimate of drug-likeness (QED) is 0.187. The van der Waals surface area contributed by atoms with Crippen molar-refractivity contribution in [1.82, 2.24) is 9.55 Å². The van der Waals surface area contributed by atoms with Crippen LogP contribution in [0.5, 0.6) is 0 Å². The van der Waals surface area contributed by atoms with Crippen molar-refractivity contribution < 1.29 is 57.5 Å². The van der Waals surface area contributed by atoms with E-state index in [0.717, 1.165) is 12.2 Å². The molecule has 0 radical (unpaired) electrons. The van der Waals surface area contributed by atoms with E-state index < -0.39 is 29.6 Å². The predicted octanol–water partition coefficient (Wildman–Crippen LogP) is -3.32. The van der Waals surface area contributed by atoms with Crippen molar-refractivity contribution in [3.05, 3.63) is 18.2 Å². The molecule has 1 aromatic rings. The van der Waals surface area contributed by atoms with Crippen LogP contribution in [0.2, 0.25) is 0 Å². The summed E-state index contributed by atoms with van der Waals surface area (Å²) in [4.78, 5) is 4.10. The van der Waals surface area contributed by atoms with Gasteiger partial charge in [-0.2, -0.15) is 0 Å². The van der Waals surface area contributed by atoms with Gasteiger partial charge in [-0.1, -0.05) is 6.92 Å². The maximum Gasteiger partial charge on any atom is 0.674 e. The second-order valence-electron chi connectivity index (χ2n) is 3.05. The van der Waals surface area contributed by atoms with E-state index in [9.17, 15) is 17.3 Å². The Morgan fingerprint density at radius 1 is 0.833 bits per heavy atom. The van der Waals surface area contributed by atoms with E-state index in [0.29, 0.717) is 0 Å². The predicted molar refractivity (Wildman–Crippen MR) is 77.8 cm³/mol. The van der Waals surface area contributed by atoms with E-state index in [-0.39, 0.29) is 0 Å². The molecule has 0 spiro atoms. The van der Waals surface area contributed by atoms with E-state index in [1.807, 2.05) is 24.0 Å². The highest BCUT2D eigenvalue weighted by molar-refractivity contribution is 6.32. The number of hydrogen-bond acceptors (Lipinski definition) is 9. The molecule has 0 aromatic carbocycles. The Labute approximate surface area is 136 Å². The second-order valence-corrected chi connectivity index (χ2v) is 3.05. The molecular formula is C6H18B4F4N2O8. The third-order valence-corrected chi connectivity index (χ3v) is 1.24. The number of aryl methyl sites for hydroxylation is 2. The average molecular weight is 365 g/mol. The van der Waals surface area contributed by atoms with Gasteiger partial charge in [0.25, 0.3) is 0 Å². The van der Waals surface area contributed by atoms with Crippen LogP contribution in [0.25, 0.3) is 0 Å². The Hall–Kier alpha value is -1.13. The lowest BCUT2D eigenvalue weighted by molar-refractivity contribution is 0.338. The molecule has 10 nitrogen and oxygen atoms in total. The topological polar surface area (TPSA) is 180 Å². The summed E-state index contributed by atoms with van der Waals surface area (Å²) in [6.45, 7) is 2.10. The van der Waals surface area contributed by atoms with Gasteiger partial charge in [0.05, 0.1) is 0 Å². The van der Waals surface area contributed by atoms with Crippen molar-refractivity contribution in [2.75, 3.05) is 0 Å². The van der Waals surface area contributed by atoms with Gasteiger partial charge in [-0.05, 0) is 0 Å². The number of aromatic nitrogens is 2. The highest BCUT2D eigenvalue weighted by Crippen LogP contribution is 1.92. The lowest BCUT2D eigenvalue weighted by Gasteiger charge is -1.92. The number of imidazole rings is 1. The molecule has 1 heterocycles. The Morgan fingerprint density at radius 2 is 1.08 bits per heavy atom. The Kier molecular flexibility index (Phi) is 28.0. The number of halogens is 4. The minimum atomic E-state index is -2.67. The molecule has 0 saturated carbocycles. The minimum absolute atomic E-state index is 1.02. The van der Waals surface area contributed by atoms with Crippen LogP contribution in [0.1, 0.15) is 12.7 Å². The number of hydrogen-bond donors (Lipinski definition) is 8. The molecular weight excluding hydrogens is 347 g/mol. The molecule has 0 aliphatic heterocycles. The molecule has 0 aliphatic carbocycles. The first-order chi connectivity index (χ1) is 10.8. The lowest BCUT2D eigenvalue weighted by Crippen LogP contribution is -1.98. The zero-order chi connectivity index (χ0) is 20.3. The molecule has 18 heteroatoms. The Bertz CT molecular complexity index is 317. The van der Waals surface area contributed by atoms with E-state index in [1.54, 1.807) is 0 Å². The van der Waals surface area contributed by atoms with Crippen molar-refractivity contribution in [3.8, 4) is 0 Å². The molecule has 1 aromatic heterocycles. The van der Waals surface area contributed by atoms with E-state index in [4.69, 9.17) is 40.2 Å². The van der Waals surface area contributed by atoms with Crippen LogP contribution in [0.4, 0.5) is 17.3 Å². The molecule has 0 saturated heterocycles.